The predicted octanol–water partition coefficient (Wildman–Crippen LogP) is 0.113. The summed E-state index contributed by atoms with van der Waals surface area (Å²) >= 11 is 1.53. The SMILES string of the molecule is O=C(O)[C@@H]1CSCN1C(=O)C1CC2CCC1N2. The molecule has 3 fully saturated rings. The number of hydrogen-bond donors (Lipinski definition) is 2. The predicted molar refractivity (Wildman–Crippen MR) is 63.6 cm³/mol. The van der Waals surface area contributed by atoms with Crippen LogP contribution in [0.4, 0.5) is 0 Å². The van der Waals surface area contributed by atoms with E-state index < -0.39 is 12.0 Å². The van der Waals surface area contributed by atoms with E-state index in [1.807, 2.05) is 0 Å². The Hall–Kier alpha value is -0.750. The first-order valence-electron chi connectivity index (χ1n) is 6.04. The maximum absolute atomic E-state index is 12.4. The third-order valence-electron chi connectivity index (χ3n) is 4.07. The Labute approximate surface area is 104 Å². The van der Waals surface area contributed by atoms with Crippen molar-refractivity contribution in [3.8, 4) is 0 Å². The van der Waals surface area contributed by atoms with Crippen LogP contribution < -0.4 is 5.32 Å². The van der Waals surface area contributed by atoms with E-state index in [-0.39, 0.29) is 17.9 Å². The third-order valence-corrected chi connectivity index (χ3v) is 5.08. The fourth-order valence-electron chi connectivity index (χ4n) is 3.17. The Morgan fingerprint density at radius 3 is 2.76 bits per heavy atom. The van der Waals surface area contributed by atoms with Crippen molar-refractivity contribution >= 4 is 23.6 Å². The van der Waals surface area contributed by atoms with Gasteiger partial charge in [-0.2, -0.15) is 0 Å². The lowest BCUT2D eigenvalue weighted by Gasteiger charge is -2.27. The highest BCUT2D eigenvalue weighted by atomic mass is 32.2. The van der Waals surface area contributed by atoms with E-state index in [1.54, 1.807) is 4.90 Å². The van der Waals surface area contributed by atoms with Gasteiger partial charge in [0.25, 0.3) is 0 Å². The summed E-state index contributed by atoms with van der Waals surface area (Å²) in [6.07, 6.45) is 3.10. The molecule has 3 saturated heterocycles. The van der Waals surface area contributed by atoms with Gasteiger partial charge in [-0.1, -0.05) is 0 Å². The van der Waals surface area contributed by atoms with E-state index in [9.17, 15) is 9.59 Å². The molecule has 4 atom stereocenters. The molecule has 0 radical (unpaired) electrons. The molecule has 0 spiro atoms. The molecule has 3 aliphatic rings. The minimum Gasteiger partial charge on any atom is -0.480 e. The van der Waals surface area contributed by atoms with Gasteiger partial charge in [-0.3, -0.25) is 4.79 Å². The highest BCUT2D eigenvalue weighted by molar-refractivity contribution is 7.99. The standard InChI is InChI=1S/C11H16N2O3S/c14-10(7-3-6-1-2-8(7)12-6)13-5-17-4-9(13)11(15)16/h6-9,12H,1-5H2,(H,15,16)/t6?,7?,8?,9-/m0/s1. The average molecular weight is 256 g/mol. The average Bonchev–Trinajstić information content (AvgIpc) is 3.02. The second-order valence-electron chi connectivity index (χ2n) is 5.05. The van der Waals surface area contributed by atoms with Gasteiger partial charge in [-0.15, -0.1) is 11.8 Å². The van der Waals surface area contributed by atoms with Crippen LogP contribution in [-0.4, -0.2) is 51.6 Å². The quantitative estimate of drug-likeness (QED) is 0.734. The fourth-order valence-corrected chi connectivity index (χ4v) is 4.33. The van der Waals surface area contributed by atoms with Crippen molar-refractivity contribution in [1.82, 2.24) is 10.2 Å². The van der Waals surface area contributed by atoms with Gasteiger partial charge < -0.3 is 15.3 Å². The zero-order valence-corrected chi connectivity index (χ0v) is 10.3. The highest BCUT2D eigenvalue weighted by Crippen LogP contribution is 2.36. The van der Waals surface area contributed by atoms with Gasteiger partial charge in [-0.25, -0.2) is 4.79 Å². The van der Waals surface area contributed by atoms with Gasteiger partial charge in [0.1, 0.15) is 6.04 Å². The molecule has 2 bridgehead atoms. The van der Waals surface area contributed by atoms with Crippen LogP contribution in [0.5, 0.6) is 0 Å². The van der Waals surface area contributed by atoms with Crippen molar-refractivity contribution in [3.05, 3.63) is 0 Å². The fraction of sp³-hybridized carbons (Fsp3) is 0.818. The van der Waals surface area contributed by atoms with Gasteiger partial charge in [0.05, 0.1) is 11.8 Å². The van der Waals surface area contributed by atoms with Crippen LogP contribution in [0.2, 0.25) is 0 Å². The van der Waals surface area contributed by atoms with Crippen molar-refractivity contribution < 1.29 is 14.7 Å². The van der Waals surface area contributed by atoms with Crippen molar-refractivity contribution in [2.75, 3.05) is 11.6 Å². The number of nitrogens with zero attached hydrogens (tertiary/aromatic N) is 1. The smallest absolute Gasteiger partial charge is 0.327 e. The number of amides is 1. The first-order valence-corrected chi connectivity index (χ1v) is 7.19. The lowest BCUT2D eigenvalue weighted by Crippen LogP contribution is -2.47. The normalized spacial score (nSPS) is 39.9. The molecule has 17 heavy (non-hydrogen) atoms. The van der Waals surface area contributed by atoms with Crippen LogP contribution in [0.1, 0.15) is 19.3 Å². The van der Waals surface area contributed by atoms with Crippen LogP contribution in [0.3, 0.4) is 0 Å². The zero-order valence-electron chi connectivity index (χ0n) is 9.46. The zero-order chi connectivity index (χ0) is 12.0. The molecule has 0 aliphatic carbocycles. The summed E-state index contributed by atoms with van der Waals surface area (Å²) in [5.74, 6) is 0.231. The Bertz CT molecular complexity index is 363. The minimum absolute atomic E-state index is 0.00861. The molecule has 0 saturated carbocycles. The number of carboxylic acid groups (broad SMARTS) is 1. The third kappa shape index (κ3) is 1.83. The molecule has 3 heterocycles. The summed E-state index contributed by atoms with van der Waals surface area (Å²) in [6, 6.07) is 0.145. The summed E-state index contributed by atoms with van der Waals surface area (Å²) in [7, 11) is 0. The molecule has 3 aliphatic heterocycles. The topological polar surface area (TPSA) is 69.6 Å². The monoisotopic (exact) mass is 256 g/mol. The lowest BCUT2D eigenvalue weighted by molar-refractivity contribution is -0.149. The van der Waals surface area contributed by atoms with Crippen LogP contribution >= 0.6 is 11.8 Å². The maximum atomic E-state index is 12.4. The van der Waals surface area contributed by atoms with E-state index >= 15 is 0 Å². The molecular weight excluding hydrogens is 240 g/mol. The molecule has 94 valence electrons. The van der Waals surface area contributed by atoms with E-state index in [1.165, 1.54) is 11.8 Å². The summed E-state index contributed by atoms with van der Waals surface area (Å²) in [4.78, 5) is 25.0. The molecule has 0 aromatic carbocycles. The molecule has 1 amide bonds. The van der Waals surface area contributed by atoms with Gasteiger partial charge in [-0.05, 0) is 19.3 Å². The van der Waals surface area contributed by atoms with E-state index in [4.69, 9.17) is 5.11 Å². The number of fused-ring (bicyclic) bond motifs is 2. The first-order chi connectivity index (χ1) is 8.16. The van der Waals surface area contributed by atoms with Crippen molar-refractivity contribution in [1.29, 1.82) is 0 Å². The number of carbonyl (C=O) groups excluding carboxylic acids is 1. The number of thioether (sulfide) groups is 1. The molecule has 0 aromatic heterocycles. The largest absolute Gasteiger partial charge is 0.480 e. The number of nitrogens with one attached hydrogen (secondary N) is 1. The van der Waals surface area contributed by atoms with Crippen molar-refractivity contribution in [3.63, 3.8) is 0 Å². The van der Waals surface area contributed by atoms with Gasteiger partial charge in [0.15, 0.2) is 0 Å². The van der Waals surface area contributed by atoms with Gasteiger partial charge in [0.2, 0.25) is 5.91 Å². The first kappa shape index (κ1) is 11.3. The molecule has 2 N–H and O–H groups in total. The van der Waals surface area contributed by atoms with Gasteiger partial charge >= 0.3 is 5.97 Å². The van der Waals surface area contributed by atoms with Crippen molar-refractivity contribution in [2.24, 2.45) is 5.92 Å². The van der Waals surface area contributed by atoms with Crippen LogP contribution in [0.15, 0.2) is 0 Å². The van der Waals surface area contributed by atoms with Crippen LogP contribution in [0.25, 0.3) is 0 Å². The van der Waals surface area contributed by atoms with Gasteiger partial charge in [0, 0.05) is 17.8 Å². The van der Waals surface area contributed by atoms with E-state index in [0.717, 1.165) is 19.3 Å². The summed E-state index contributed by atoms with van der Waals surface area (Å²) in [5.41, 5.74) is 0. The Kier molecular flexibility index (Phi) is 2.78. The van der Waals surface area contributed by atoms with E-state index in [2.05, 4.69) is 5.32 Å². The molecule has 6 heteroatoms. The lowest BCUT2D eigenvalue weighted by atomic mass is 9.88. The van der Waals surface area contributed by atoms with Crippen molar-refractivity contribution in [2.45, 2.75) is 37.4 Å². The van der Waals surface area contributed by atoms with E-state index in [0.29, 0.717) is 17.7 Å². The number of carbonyl (C=O) groups is 2. The molecule has 0 aromatic rings. The molecule has 3 rings (SSSR count). The number of carboxylic acids is 1. The Morgan fingerprint density at radius 2 is 2.18 bits per heavy atom. The molecule has 3 unspecified atom stereocenters. The maximum Gasteiger partial charge on any atom is 0.327 e. The van der Waals surface area contributed by atoms with Crippen LogP contribution in [-0.2, 0) is 9.59 Å². The highest BCUT2D eigenvalue weighted by Gasteiger charge is 2.46. The van der Waals surface area contributed by atoms with Crippen LogP contribution in [0, 0.1) is 5.92 Å². The number of hydrogen-bond acceptors (Lipinski definition) is 4. The summed E-state index contributed by atoms with van der Waals surface area (Å²) < 4.78 is 0. The minimum atomic E-state index is -0.875. The second kappa shape index (κ2) is 4.17. The molecule has 5 nitrogen and oxygen atoms in total. The number of rotatable bonds is 2. The Morgan fingerprint density at radius 1 is 1.35 bits per heavy atom. The second-order valence-corrected chi connectivity index (χ2v) is 6.05. The number of aliphatic carboxylic acids is 1. The summed E-state index contributed by atoms with van der Waals surface area (Å²) in [6.45, 7) is 0. The summed E-state index contributed by atoms with van der Waals surface area (Å²) in [5, 5.41) is 12.5. The molecular formula is C11H16N2O3S. The Balaban J connectivity index is 1.71.